The summed E-state index contributed by atoms with van der Waals surface area (Å²) >= 11 is 0. The highest BCUT2D eigenvalue weighted by atomic mass is 16.5. The highest BCUT2D eigenvalue weighted by Gasteiger charge is 2.35. The zero-order valence-electron chi connectivity index (χ0n) is 11.5. The Balaban J connectivity index is 2.30. The van der Waals surface area contributed by atoms with Crippen molar-refractivity contribution in [3.8, 4) is 5.75 Å². The molecule has 1 unspecified atom stereocenters. The van der Waals surface area contributed by atoms with Crippen LogP contribution in [0.25, 0.3) is 0 Å². The van der Waals surface area contributed by atoms with Crippen molar-refractivity contribution in [2.45, 2.75) is 45.3 Å². The third-order valence-electron chi connectivity index (χ3n) is 3.61. The van der Waals surface area contributed by atoms with Gasteiger partial charge < -0.3 is 14.7 Å². The second-order valence-corrected chi connectivity index (χ2v) is 5.51. The third-order valence-corrected chi connectivity index (χ3v) is 3.61. The number of benzene rings is 1. The van der Waals surface area contributed by atoms with Crippen LogP contribution in [0.15, 0.2) is 24.3 Å². The van der Waals surface area contributed by atoms with E-state index in [1.807, 2.05) is 25.1 Å². The van der Waals surface area contributed by atoms with Gasteiger partial charge in [-0.25, -0.2) is 0 Å². The largest absolute Gasteiger partial charge is 0.492 e. The summed E-state index contributed by atoms with van der Waals surface area (Å²) in [4.78, 5) is 2.35. The van der Waals surface area contributed by atoms with Crippen molar-refractivity contribution in [1.29, 1.82) is 0 Å². The molecule has 0 aromatic heterocycles. The van der Waals surface area contributed by atoms with Crippen LogP contribution in [0.1, 0.15) is 33.6 Å². The molecule has 1 aromatic carbocycles. The average Bonchev–Trinajstić information content (AvgIpc) is 2.29. The minimum Gasteiger partial charge on any atom is -0.492 e. The SMILES string of the molecule is CCOc1ccccc1N1CCC(O)CC1(C)C. The van der Waals surface area contributed by atoms with E-state index in [1.54, 1.807) is 0 Å². The van der Waals surface area contributed by atoms with Crippen LogP contribution in [0.2, 0.25) is 0 Å². The smallest absolute Gasteiger partial charge is 0.142 e. The number of aliphatic hydroxyl groups is 1. The molecule has 3 heteroatoms. The summed E-state index contributed by atoms with van der Waals surface area (Å²) in [6, 6.07) is 8.16. The van der Waals surface area contributed by atoms with Gasteiger partial charge in [0.1, 0.15) is 5.75 Å². The van der Waals surface area contributed by atoms with Gasteiger partial charge in [-0.05, 0) is 45.7 Å². The van der Waals surface area contributed by atoms with E-state index in [1.165, 1.54) is 0 Å². The Kier molecular flexibility index (Phi) is 3.81. The molecule has 100 valence electrons. The summed E-state index contributed by atoms with van der Waals surface area (Å²) in [5.74, 6) is 0.935. The normalized spacial score (nSPS) is 22.9. The molecule has 0 bridgehead atoms. The van der Waals surface area contributed by atoms with E-state index < -0.39 is 0 Å². The van der Waals surface area contributed by atoms with Crippen molar-refractivity contribution in [3.63, 3.8) is 0 Å². The Morgan fingerprint density at radius 3 is 2.78 bits per heavy atom. The fourth-order valence-corrected chi connectivity index (χ4v) is 2.77. The maximum Gasteiger partial charge on any atom is 0.142 e. The highest BCUT2D eigenvalue weighted by Crippen LogP contribution is 2.37. The Morgan fingerprint density at radius 1 is 1.39 bits per heavy atom. The fourth-order valence-electron chi connectivity index (χ4n) is 2.77. The minimum absolute atomic E-state index is 0.0368. The zero-order chi connectivity index (χ0) is 13.2. The standard InChI is InChI=1S/C15H23NO2/c1-4-18-14-8-6-5-7-13(14)16-10-9-12(17)11-15(16,2)3/h5-8,12,17H,4,9-11H2,1-3H3. The number of para-hydroxylation sites is 2. The number of rotatable bonds is 3. The zero-order valence-corrected chi connectivity index (χ0v) is 11.5. The molecule has 0 amide bonds. The van der Waals surface area contributed by atoms with Gasteiger partial charge in [-0.15, -0.1) is 0 Å². The lowest BCUT2D eigenvalue weighted by Crippen LogP contribution is -2.51. The molecule has 2 rings (SSSR count). The highest BCUT2D eigenvalue weighted by molar-refractivity contribution is 5.60. The maximum absolute atomic E-state index is 9.82. The van der Waals surface area contributed by atoms with Gasteiger partial charge in [0, 0.05) is 12.1 Å². The number of nitrogens with zero attached hydrogens (tertiary/aromatic N) is 1. The molecule has 0 aliphatic carbocycles. The predicted octanol–water partition coefficient (Wildman–Crippen LogP) is 2.83. The van der Waals surface area contributed by atoms with Crippen LogP contribution in [0.5, 0.6) is 5.75 Å². The number of aliphatic hydroxyl groups excluding tert-OH is 1. The summed E-state index contributed by atoms with van der Waals surface area (Å²) in [6.07, 6.45) is 1.44. The van der Waals surface area contributed by atoms with Gasteiger partial charge in [0.25, 0.3) is 0 Å². The first-order chi connectivity index (χ1) is 8.54. The van der Waals surface area contributed by atoms with Crippen molar-refractivity contribution >= 4 is 5.69 Å². The minimum atomic E-state index is -0.185. The molecular weight excluding hydrogens is 226 g/mol. The summed E-state index contributed by atoms with van der Waals surface area (Å²) in [5, 5.41) is 9.82. The summed E-state index contributed by atoms with van der Waals surface area (Å²) in [6.45, 7) is 7.91. The van der Waals surface area contributed by atoms with Crippen LogP contribution >= 0.6 is 0 Å². The molecule has 1 aliphatic heterocycles. The van der Waals surface area contributed by atoms with E-state index in [4.69, 9.17) is 4.74 Å². The summed E-state index contributed by atoms with van der Waals surface area (Å²) in [5.41, 5.74) is 1.10. The number of ether oxygens (including phenoxy) is 1. The Labute approximate surface area is 109 Å². The van der Waals surface area contributed by atoms with Gasteiger partial charge in [-0.3, -0.25) is 0 Å². The van der Waals surface area contributed by atoms with Crippen molar-refractivity contribution in [1.82, 2.24) is 0 Å². The molecule has 1 fully saturated rings. The van der Waals surface area contributed by atoms with E-state index >= 15 is 0 Å². The fraction of sp³-hybridized carbons (Fsp3) is 0.600. The molecule has 0 spiro atoms. The summed E-state index contributed by atoms with van der Waals surface area (Å²) in [7, 11) is 0. The Hall–Kier alpha value is -1.22. The quantitative estimate of drug-likeness (QED) is 0.894. The van der Waals surface area contributed by atoms with Gasteiger partial charge in [0.15, 0.2) is 0 Å². The van der Waals surface area contributed by atoms with Gasteiger partial charge in [-0.1, -0.05) is 12.1 Å². The van der Waals surface area contributed by atoms with E-state index in [9.17, 15) is 5.11 Å². The lowest BCUT2D eigenvalue weighted by Gasteiger charge is -2.46. The van der Waals surface area contributed by atoms with E-state index in [0.717, 1.165) is 30.8 Å². The number of hydrogen-bond acceptors (Lipinski definition) is 3. The number of anilines is 1. The molecule has 0 radical (unpaired) electrons. The van der Waals surface area contributed by atoms with Gasteiger partial charge >= 0.3 is 0 Å². The topological polar surface area (TPSA) is 32.7 Å². The molecular formula is C15H23NO2. The van der Waals surface area contributed by atoms with Crippen LogP contribution in [0, 0.1) is 0 Å². The van der Waals surface area contributed by atoms with Gasteiger partial charge in [0.2, 0.25) is 0 Å². The first-order valence-electron chi connectivity index (χ1n) is 6.72. The second kappa shape index (κ2) is 5.19. The first kappa shape index (κ1) is 13.2. The lowest BCUT2D eigenvalue weighted by molar-refractivity contribution is 0.107. The molecule has 3 nitrogen and oxygen atoms in total. The molecule has 1 heterocycles. The molecule has 0 saturated carbocycles. The molecule has 1 aromatic rings. The molecule has 1 atom stereocenters. The van der Waals surface area contributed by atoms with Crippen LogP contribution in [-0.4, -0.2) is 29.9 Å². The summed E-state index contributed by atoms with van der Waals surface area (Å²) < 4.78 is 5.71. The van der Waals surface area contributed by atoms with Crippen molar-refractivity contribution < 1.29 is 9.84 Å². The number of hydrogen-bond donors (Lipinski definition) is 1. The predicted molar refractivity (Wildman–Crippen MR) is 74.3 cm³/mol. The monoisotopic (exact) mass is 249 g/mol. The number of piperidine rings is 1. The van der Waals surface area contributed by atoms with Crippen molar-refractivity contribution in [2.75, 3.05) is 18.1 Å². The molecule has 1 saturated heterocycles. The molecule has 1 N–H and O–H groups in total. The van der Waals surface area contributed by atoms with Crippen LogP contribution < -0.4 is 9.64 Å². The second-order valence-electron chi connectivity index (χ2n) is 5.51. The van der Waals surface area contributed by atoms with E-state index in [-0.39, 0.29) is 11.6 Å². The molecule has 18 heavy (non-hydrogen) atoms. The third kappa shape index (κ3) is 2.61. The maximum atomic E-state index is 9.82. The average molecular weight is 249 g/mol. The van der Waals surface area contributed by atoms with E-state index in [0.29, 0.717) is 6.61 Å². The van der Waals surface area contributed by atoms with Crippen LogP contribution in [0.3, 0.4) is 0 Å². The van der Waals surface area contributed by atoms with Crippen molar-refractivity contribution in [3.05, 3.63) is 24.3 Å². The Morgan fingerprint density at radius 2 is 2.11 bits per heavy atom. The Bertz CT molecular complexity index is 403. The van der Waals surface area contributed by atoms with Crippen molar-refractivity contribution in [2.24, 2.45) is 0 Å². The van der Waals surface area contributed by atoms with Gasteiger partial charge in [-0.2, -0.15) is 0 Å². The van der Waals surface area contributed by atoms with Crippen LogP contribution in [0.4, 0.5) is 5.69 Å². The molecule has 1 aliphatic rings. The van der Waals surface area contributed by atoms with Gasteiger partial charge in [0.05, 0.1) is 18.4 Å². The first-order valence-corrected chi connectivity index (χ1v) is 6.72. The lowest BCUT2D eigenvalue weighted by atomic mass is 9.88. The van der Waals surface area contributed by atoms with Crippen LogP contribution in [-0.2, 0) is 0 Å². The van der Waals surface area contributed by atoms with E-state index in [2.05, 4.69) is 24.8 Å².